The van der Waals surface area contributed by atoms with Gasteiger partial charge < -0.3 is 9.97 Å². The van der Waals surface area contributed by atoms with Gasteiger partial charge in [0, 0.05) is 44.1 Å². The number of fused-ring (bicyclic) bond motifs is 12. The number of aromatic nitrogens is 2. The van der Waals surface area contributed by atoms with Gasteiger partial charge in [-0.05, 0) is 71.5 Å². The van der Waals surface area contributed by atoms with Crippen LogP contribution in [0.4, 0.5) is 0 Å². The summed E-state index contributed by atoms with van der Waals surface area (Å²) in [7, 11) is 0. The molecule has 200 valence electrons. The van der Waals surface area contributed by atoms with E-state index in [1.165, 1.54) is 66.4 Å². The second kappa shape index (κ2) is 9.64. The molecule has 7 aromatic rings. The lowest BCUT2D eigenvalue weighted by Gasteiger charge is -2.19. The fourth-order valence-corrected chi connectivity index (χ4v) is 6.71. The highest BCUT2D eigenvalue weighted by Gasteiger charge is 2.27. The lowest BCUT2D eigenvalue weighted by atomic mass is 9.84. The minimum Gasteiger partial charge on any atom is -0.354 e. The molecular formula is C40H30N2. The number of hydrogen-bond donors (Lipinski definition) is 2. The van der Waals surface area contributed by atoms with Crippen molar-refractivity contribution in [3.8, 4) is 55.9 Å². The average molecular weight is 539 g/mol. The summed E-state index contributed by atoms with van der Waals surface area (Å²) in [6.07, 6.45) is 6.47. The Morgan fingerprint density at radius 3 is 1.67 bits per heavy atom. The number of aromatic amines is 2. The van der Waals surface area contributed by atoms with Crippen LogP contribution < -0.4 is 0 Å². The fraction of sp³-hybridized carbons (Fsp3) is 0.0500. The van der Waals surface area contributed by atoms with Gasteiger partial charge in [0.05, 0.1) is 11.4 Å². The topological polar surface area (TPSA) is 31.6 Å². The second-order valence-corrected chi connectivity index (χ2v) is 11.0. The van der Waals surface area contributed by atoms with Crippen molar-refractivity contribution >= 4 is 27.4 Å². The number of allylic oxidation sites excluding steroid dienone is 4. The predicted molar refractivity (Wildman–Crippen MR) is 179 cm³/mol. The van der Waals surface area contributed by atoms with Crippen LogP contribution in [-0.4, -0.2) is 9.97 Å². The standard InChI is InChI=1S/C40H30N2/c1-3-12-25(4-2)27-19-21-35-33(23-27)37-29-15-8-9-16-30(29)38-34-24-28(26-13-6-5-7-14-26)20-22-36(34)42-40(38)32-18-11-10-17-31(32)39(37)41-35/h3-24,41-42H,1-2H3/b12-3-,25-4+,37-29?,38-30?,39-31?,40-32?. The summed E-state index contributed by atoms with van der Waals surface area (Å²) in [4.78, 5) is 7.68. The molecule has 8 rings (SSSR count). The van der Waals surface area contributed by atoms with E-state index in [2.05, 4.69) is 157 Å². The van der Waals surface area contributed by atoms with E-state index in [4.69, 9.17) is 0 Å². The highest BCUT2D eigenvalue weighted by atomic mass is 14.8. The molecule has 1 aliphatic carbocycles. The van der Waals surface area contributed by atoms with Gasteiger partial charge in [-0.2, -0.15) is 0 Å². The molecule has 42 heavy (non-hydrogen) atoms. The van der Waals surface area contributed by atoms with Crippen molar-refractivity contribution in [1.29, 1.82) is 0 Å². The normalized spacial score (nSPS) is 12.6. The lowest BCUT2D eigenvalue weighted by molar-refractivity contribution is 1.41. The van der Waals surface area contributed by atoms with Crippen LogP contribution in [0.3, 0.4) is 0 Å². The molecule has 0 spiro atoms. The first-order chi connectivity index (χ1) is 20.7. The Morgan fingerprint density at radius 2 is 1.07 bits per heavy atom. The summed E-state index contributed by atoms with van der Waals surface area (Å²) in [5, 5.41) is 2.48. The summed E-state index contributed by atoms with van der Waals surface area (Å²) in [5.41, 5.74) is 16.9. The van der Waals surface area contributed by atoms with Crippen molar-refractivity contribution in [3.05, 3.63) is 139 Å². The zero-order chi connectivity index (χ0) is 28.2. The Hall–Kier alpha value is -5.34. The number of benzene rings is 5. The van der Waals surface area contributed by atoms with Crippen molar-refractivity contribution in [1.82, 2.24) is 9.97 Å². The van der Waals surface area contributed by atoms with E-state index in [1.807, 2.05) is 0 Å². The van der Waals surface area contributed by atoms with E-state index in [0.717, 1.165) is 22.4 Å². The molecule has 5 aromatic carbocycles. The highest BCUT2D eigenvalue weighted by molar-refractivity contribution is 6.16. The molecule has 2 heterocycles. The molecule has 0 unspecified atom stereocenters. The average Bonchev–Trinajstić information content (AvgIpc) is 3.61. The van der Waals surface area contributed by atoms with E-state index < -0.39 is 0 Å². The predicted octanol–water partition coefficient (Wildman–Crippen LogP) is 11.3. The van der Waals surface area contributed by atoms with Gasteiger partial charge in [-0.25, -0.2) is 0 Å². The molecule has 1 aliphatic rings. The van der Waals surface area contributed by atoms with E-state index in [9.17, 15) is 0 Å². The van der Waals surface area contributed by atoms with Gasteiger partial charge >= 0.3 is 0 Å². The maximum atomic E-state index is 3.84. The first-order valence-corrected chi connectivity index (χ1v) is 14.6. The zero-order valence-corrected chi connectivity index (χ0v) is 23.7. The fourth-order valence-electron chi connectivity index (χ4n) is 6.71. The maximum Gasteiger partial charge on any atom is 0.0551 e. The summed E-state index contributed by atoms with van der Waals surface area (Å²) in [5.74, 6) is 0. The smallest absolute Gasteiger partial charge is 0.0551 e. The summed E-state index contributed by atoms with van der Waals surface area (Å²) in [6, 6.07) is 42.0. The molecule has 2 nitrogen and oxygen atoms in total. The molecule has 0 aliphatic heterocycles. The first-order valence-electron chi connectivity index (χ1n) is 14.6. The van der Waals surface area contributed by atoms with Gasteiger partial charge in [-0.15, -0.1) is 0 Å². The summed E-state index contributed by atoms with van der Waals surface area (Å²) >= 11 is 0. The van der Waals surface area contributed by atoms with Crippen molar-refractivity contribution in [2.75, 3.05) is 0 Å². The third kappa shape index (κ3) is 3.65. The van der Waals surface area contributed by atoms with Crippen molar-refractivity contribution in [3.63, 3.8) is 0 Å². The second-order valence-electron chi connectivity index (χ2n) is 11.0. The Labute approximate surface area is 245 Å². The summed E-state index contributed by atoms with van der Waals surface area (Å²) < 4.78 is 0. The van der Waals surface area contributed by atoms with Crippen LogP contribution in [0.15, 0.2) is 133 Å². The monoisotopic (exact) mass is 538 g/mol. The molecule has 0 atom stereocenters. The first kappa shape index (κ1) is 24.5. The van der Waals surface area contributed by atoms with Crippen LogP contribution in [0.25, 0.3) is 83.3 Å². The molecule has 0 fully saturated rings. The Balaban J connectivity index is 1.49. The maximum absolute atomic E-state index is 3.84. The molecular weight excluding hydrogens is 508 g/mol. The van der Waals surface area contributed by atoms with E-state index in [0.29, 0.717) is 0 Å². The van der Waals surface area contributed by atoms with E-state index in [-0.39, 0.29) is 0 Å². The third-order valence-corrected chi connectivity index (χ3v) is 8.63. The van der Waals surface area contributed by atoms with Gasteiger partial charge in [-0.1, -0.05) is 109 Å². The molecule has 2 N–H and O–H groups in total. The van der Waals surface area contributed by atoms with Crippen LogP contribution in [-0.2, 0) is 0 Å². The lowest BCUT2D eigenvalue weighted by Crippen LogP contribution is -1.95. The molecule has 0 saturated heterocycles. The van der Waals surface area contributed by atoms with Gasteiger partial charge in [-0.3, -0.25) is 0 Å². The number of rotatable bonds is 3. The minimum atomic E-state index is 1.14. The molecule has 2 heteroatoms. The highest BCUT2D eigenvalue weighted by Crippen LogP contribution is 2.52. The number of nitrogens with one attached hydrogen (secondary N) is 2. The van der Waals surface area contributed by atoms with Crippen molar-refractivity contribution in [2.45, 2.75) is 13.8 Å². The van der Waals surface area contributed by atoms with Crippen LogP contribution in [0.2, 0.25) is 0 Å². The minimum absolute atomic E-state index is 1.14. The van der Waals surface area contributed by atoms with Gasteiger partial charge in [0.15, 0.2) is 0 Å². The SMILES string of the molecule is C/C=C\C(=C/C)c1ccc2[nH]c3c(c2c1)-c1ccccc1-c1c([nH]c2ccc(-c4ccccc4)cc12)-c1ccccc1-3. The largest absolute Gasteiger partial charge is 0.354 e. The summed E-state index contributed by atoms with van der Waals surface area (Å²) in [6.45, 7) is 4.18. The quantitative estimate of drug-likeness (QED) is 0.210. The van der Waals surface area contributed by atoms with Gasteiger partial charge in [0.1, 0.15) is 0 Å². The number of hydrogen-bond acceptors (Lipinski definition) is 0. The van der Waals surface area contributed by atoms with Crippen LogP contribution in [0.1, 0.15) is 19.4 Å². The Bertz CT molecular complexity index is 2200. The Kier molecular flexibility index (Phi) is 5.61. The van der Waals surface area contributed by atoms with E-state index in [1.54, 1.807) is 0 Å². The Morgan fingerprint density at radius 1 is 0.524 bits per heavy atom. The third-order valence-electron chi connectivity index (χ3n) is 8.63. The van der Waals surface area contributed by atoms with Gasteiger partial charge in [0.2, 0.25) is 0 Å². The van der Waals surface area contributed by atoms with Crippen molar-refractivity contribution in [2.24, 2.45) is 0 Å². The van der Waals surface area contributed by atoms with Gasteiger partial charge in [0.25, 0.3) is 0 Å². The molecule has 2 aromatic heterocycles. The van der Waals surface area contributed by atoms with Crippen LogP contribution >= 0.6 is 0 Å². The van der Waals surface area contributed by atoms with Crippen LogP contribution in [0.5, 0.6) is 0 Å². The zero-order valence-electron chi connectivity index (χ0n) is 23.7. The molecule has 0 amide bonds. The molecule has 0 radical (unpaired) electrons. The molecule has 0 saturated carbocycles. The van der Waals surface area contributed by atoms with E-state index >= 15 is 0 Å². The van der Waals surface area contributed by atoms with Crippen molar-refractivity contribution < 1.29 is 0 Å². The number of H-pyrrole nitrogens is 2. The van der Waals surface area contributed by atoms with Crippen LogP contribution in [0, 0.1) is 0 Å². The molecule has 0 bridgehead atoms.